The van der Waals surface area contributed by atoms with Crippen molar-refractivity contribution < 1.29 is 14.4 Å². The van der Waals surface area contributed by atoms with Crippen molar-refractivity contribution in [3.05, 3.63) is 24.3 Å². The van der Waals surface area contributed by atoms with Gasteiger partial charge in [-0.15, -0.1) is 0 Å². The number of likely N-dealkylation sites (tertiary alicyclic amines) is 1. The van der Waals surface area contributed by atoms with Crippen LogP contribution in [0.3, 0.4) is 0 Å². The minimum absolute atomic E-state index is 0.00430. The van der Waals surface area contributed by atoms with E-state index in [4.69, 9.17) is 0 Å². The standard InChI is InChI=1S/C17H23N3O3/c1-11(21)18-13-6-5-7-14(9-13)19-16(23)12-8-15(22)20(10-12)17(2,3)4/h5-7,9,12H,8,10H2,1-4H3,(H,18,21)(H,19,23)/t12-/m1/s1. The molecule has 1 fully saturated rings. The van der Waals surface area contributed by atoms with Gasteiger partial charge in [-0.05, 0) is 39.0 Å². The Bertz CT molecular complexity index is 634. The van der Waals surface area contributed by atoms with Crippen molar-refractivity contribution in [2.75, 3.05) is 17.2 Å². The summed E-state index contributed by atoms with van der Waals surface area (Å²) in [5.41, 5.74) is 0.939. The number of hydrogen-bond donors (Lipinski definition) is 2. The zero-order valence-corrected chi connectivity index (χ0v) is 14.0. The molecule has 1 aliphatic heterocycles. The number of carbonyl (C=O) groups excluding carboxylic acids is 3. The first-order valence-corrected chi connectivity index (χ1v) is 7.66. The molecule has 6 heteroatoms. The van der Waals surface area contributed by atoms with Crippen LogP contribution in [0.5, 0.6) is 0 Å². The number of amides is 3. The highest BCUT2D eigenvalue weighted by atomic mass is 16.2. The summed E-state index contributed by atoms with van der Waals surface area (Å²) in [5, 5.41) is 5.49. The molecule has 1 aliphatic rings. The highest BCUT2D eigenvalue weighted by molar-refractivity contribution is 5.98. The summed E-state index contributed by atoms with van der Waals surface area (Å²) in [4.78, 5) is 37.3. The molecule has 3 amide bonds. The minimum atomic E-state index is -0.355. The zero-order chi connectivity index (χ0) is 17.2. The third-order valence-electron chi connectivity index (χ3n) is 3.76. The van der Waals surface area contributed by atoms with E-state index in [0.717, 1.165) is 0 Å². The van der Waals surface area contributed by atoms with Gasteiger partial charge in [-0.25, -0.2) is 0 Å². The van der Waals surface area contributed by atoms with Crippen LogP contribution >= 0.6 is 0 Å². The van der Waals surface area contributed by atoms with Gasteiger partial charge in [0.05, 0.1) is 5.92 Å². The van der Waals surface area contributed by atoms with E-state index in [1.807, 2.05) is 20.8 Å². The summed E-state index contributed by atoms with van der Waals surface area (Å²) in [6.45, 7) is 7.74. The van der Waals surface area contributed by atoms with Crippen LogP contribution in [0.1, 0.15) is 34.1 Å². The van der Waals surface area contributed by atoms with Gasteiger partial charge in [0.2, 0.25) is 17.7 Å². The Morgan fingerprint density at radius 1 is 1.17 bits per heavy atom. The van der Waals surface area contributed by atoms with Crippen molar-refractivity contribution in [2.45, 2.75) is 39.7 Å². The first kappa shape index (κ1) is 17.0. The van der Waals surface area contributed by atoms with Crippen LogP contribution in [0, 0.1) is 5.92 Å². The molecule has 1 atom stereocenters. The molecule has 0 radical (unpaired) electrons. The lowest BCUT2D eigenvalue weighted by atomic mass is 10.1. The number of hydrogen-bond acceptors (Lipinski definition) is 3. The molecule has 0 aliphatic carbocycles. The fourth-order valence-corrected chi connectivity index (χ4v) is 2.65. The second-order valence-corrected chi connectivity index (χ2v) is 6.83. The van der Waals surface area contributed by atoms with Crippen molar-refractivity contribution in [1.82, 2.24) is 4.90 Å². The van der Waals surface area contributed by atoms with Crippen LogP contribution in [-0.2, 0) is 14.4 Å². The summed E-state index contributed by atoms with van der Waals surface area (Å²) in [7, 11) is 0. The lowest BCUT2D eigenvalue weighted by Gasteiger charge is -2.31. The molecule has 0 saturated carbocycles. The topological polar surface area (TPSA) is 78.5 Å². The van der Waals surface area contributed by atoms with E-state index in [9.17, 15) is 14.4 Å². The van der Waals surface area contributed by atoms with Gasteiger partial charge in [-0.3, -0.25) is 14.4 Å². The Morgan fingerprint density at radius 3 is 2.30 bits per heavy atom. The molecule has 1 heterocycles. The average Bonchev–Trinajstić information content (AvgIpc) is 2.80. The van der Waals surface area contributed by atoms with E-state index in [1.165, 1.54) is 6.92 Å². The molecule has 2 N–H and O–H groups in total. The summed E-state index contributed by atoms with van der Waals surface area (Å²) in [6, 6.07) is 6.94. The van der Waals surface area contributed by atoms with Gasteiger partial charge in [-0.1, -0.05) is 6.07 Å². The molecule has 0 bridgehead atoms. The Labute approximate surface area is 136 Å². The molecular formula is C17H23N3O3. The maximum atomic E-state index is 12.4. The van der Waals surface area contributed by atoms with Crippen LogP contribution in [0.2, 0.25) is 0 Å². The number of carbonyl (C=O) groups is 3. The highest BCUT2D eigenvalue weighted by Gasteiger charge is 2.39. The molecule has 1 saturated heterocycles. The van der Waals surface area contributed by atoms with E-state index < -0.39 is 0 Å². The van der Waals surface area contributed by atoms with Crippen LogP contribution in [0.25, 0.3) is 0 Å². The van der Waals surface area contributed by atoms with Crippen molar-refractivity contribution in [1.29, 1.82) is 0 Å². The Hall–Kier alpha value is -2.37. The van der Waals surface area contributed by atoms with Crippen molar-refractivity contribution >= 4 is 29.1 Å². The zero-order valence-electron chi connectivity index (χ0n) is 14.0. The molecule has 0 aromatic heterocycles. The molecule has 1 aromatic carbocycles. The number of nitrogens with zero attached hydrogens (tertiary/aromatic N) is 1. The third kappa shape index (κ3) is 4.31. The fraction of sp³-hybridized carbons (Fsp3) is 0.471. The van der Waals surface area contributed by atoms with Crippen LogP contribution in [0.15, 0.2) is 24.3 Å². The molecule has 23 heavy (non-hydrogen) atoms. The molecular weight excluding hydrogens is 294 g/mol. The highest BCUT2D eigenvalue weighted by Crippen LogP contribution is 2.27. The van der Waals surface area contributed by atoms with Crippen molar-refractivity contribution in [3.63, 3.8) is 0 Å². The Balaban J connectivity index is 2.03. The summed E-state index contributed by atoms with van der Waals surface area (Å²) in [5.74, 6) is -0.698. The molecule has 6 nitrogen and oxygen atoms in total. The van der Waals surface area contributed by atoms with Crippen LogP contribution in [0.4, 0.5) is 11.4 Å². The average molecular weight is 317 g/mol. The van der Waals surface area contributed by atoms with E-state index in [0.29, 0.717) is 17.9 Å². The predicted molar refractivity (Wildman–Crippen MR) is 88.9 cm³/mol. The number of rotatable bonds is 3. The summed E-state index contributed by atoms with van der Waals surface area (Å²) in [6.07, 6.45) is 0.231. The first-order chi connectivity index (χ1) is 10.7. The molecule has 1 aromatic rings. The normalized spacial score (nSPS) is 18.0. The Kier molecular flexibility index (Phi) is 4.73. The SMILES string of the molecule is CC(=O)Nc1cccc(NC(=O)[C@@H]2CC(=O)N(C(C)(C)C)C2)c1. The van der Waals surface area contributed by atoms with Crippen LogP contribution in [-0.4, -0.2) is 34.7 Å². The van der Waals surface area contributed by atoms with Gasteiger partial charge < -0.3 is 15.5 Å². The predicted octanol–water partition coefficient (Wildman–Crippen LogP) is 2.23. The van der Waals surface area contributed by atoms with Gasteiger partial charge in [0.15, 0.2) is 0 Å². The van der Waals surface area contributed by atoms with E-state index >= 15 is 0 Å². The minimum Gasteiger partial charge on any atom is -0.337 e. The smallest absolute Gasteiger partial charge is 0.229 e. The maximum Gasteiger partial charge on any atom is 0.229 e. The Morgan fingerprint density at radius 2 is 1.78 bits per heavy atom. The van der Waals surface area contributed by atoms with Crippen LogP contribution < -0.4 is 10.6 Å². The maximum absolute atomic E-state index is 12.4. The summed E-state index contributed by atoms with van der Waals surface area (Å²) < 4.78 is 0. The van der Waals surface area contributed by atoms with Gasteiger partial charge in [-0.2, -0.15) is 0 Å². The second-order valence-electron chi connectivity index (χ2n) is 6.83. The molecule has 0 unspecified atom stereocenters. The van der Waals surface area contributed by atoms with Gasteiger partial charge in [0.1, 0.15) is 0 Å². The van der Waals surface area contributed by atoms with E-state index in [2.05, 4.69) is 10.6 Å². The number of nitrogens with one attached hydrogen (secondary N) is 2. The molecule has 0 spiro atoms. The summed E-state index contributed by atoms with van der Waals surface area (Å²) >= 11 is 0. The first-order valence-electron chi connectivity index (χ1n) is 7.66. The largest absolute Gasteiger partial charge is 0.337 e. The third-order valence-corrected chi connectivity index (χ3v) is 3.76. The van der Waals surface area contributed by atoms with E-state index in [-0.39, 0.29) is 35.6 Å². The quantitative estimate of drug-likeness (QED) is 0.897. The lowest BCUT2D eigenvalue weighted by Crippen LogP contribution is -2.42. The fourth-order valence-electron chi connectivity index (χ4n) is 2.65. The lowest BCUT2D eigenvalue weighted by molar-refractivity contribution is -0.131. The van der Waals surface area contributed by atoms with Gasteiger partial charge in [0, 0.05) is 36.8 Å². The number of benzene rings is 1. The second kappa shape index (κ2) is 6.40. The van der Waals surface area contributed by atoms with Gasteiger partial charge >= 0.3 is 0 Å². The molecule has 124 valence electrons. The van der Waals surface area contributed by atoms with Crippen molar-refractivity contribution in [2.24, 2.45) is 5.92 Å². The van der Waals surface area contributed by atoms with Crippen molar-refractivity contribution in [3.8, 4) is 0 Å². The van der Waals surface area contributed by atoms with Gasteiger partial charge in [0.25, 0.3) is 0 Å². The monoisotopic (exact) mass is 317 g/mol. The molecule has 2 rings (SSSR count). The van der Waals surface area contributed by atoms with E-state index in [1.54, 1.807) is 29.2 Å². The number of anilines is 2.